The Kier molecular flexibility index (Phi) is 4.80. The first kappa shape index (κ1) is 17.6. The molecule has 0 spiro atoms. The molecule has 1 aliphatic carbocycles. The van der Waals surface area contributed by atoms with Crippen molar-refractivity contribution in [3.63, 3.8) is 0 Å². The predicted molar refractivity (Wildman–Crippen MR) is 101 cm³/mol. The zero-order valence-electron chi connectivity index (χ0n) is 14.6. The predicted octanol–water partition coefficient (Wildman–Crippen LogP) is 4.59. The molecule has 0 N–H and O–H groups in total. The standard InChI is InChI=1S/C20H24O2S2/c1-14(2)19-13-20(19,23(21)17-9-5-15(3)6-10-17)24(22)18-11-7-16(4)8-12-18/h5-12,14,19H,13H2,1-4H3/t19-,20?,23?,24?/m0/s1. The van der Waals surface area contributed by atoms with E-state index in [1.807, 2.05) is 62.4 Å². The molecule has 0 bridgehead atoms. The lowest BCUT2D eigenvalue weighted by atomic mass is 10.1. The van der Waals surface area contributed by atoms with Crippen molar-refractivity contribution in [2.24, 2.45) is 11.8 Å². The molecule has 0 saturated heterocycles. The van der Waals surface area contributed by atoms with Crippen LogP contribution in [0.3, 0.4) is 0 Å². The minimum absolute atomic E-state index is 0.224. The molecule has 2 aromatic rings. The summed E-state index contributed by atoms with van der Waals surface area (Å²) in [5.41, 5.74) is 2.28. The van der Waals surface area contributed by atoms with E-state index in [9.17, 15) is 8.42 Å². The third-order valence-electron chi connectivity index (χ3n) is 4.81. The average Bonchev–Trinajstić information content (AvgIpc) is 3.32. The van der Waals surface area contributed by atoms with E-state index in [1.54, 1.807) is 0 Å². The largest absolute Gasteiger partial charge is 0.253 e. The van der Waals surface area contributed by atoms with Gasteiger partial charge >= 0.3 is 0 Å². The summed E-state index contributed by atoms with van der Waals surface area (Å²) in [6, 6.07) is 15.5. The van der Waals surface area contributed by atoms with Crippen molar-refractivity contribution in [1.82, 2.24) is 0 Å². The van der Waals surface area contributed by atoms with Gasteiger partial charge in [0.05, 0.1) is 21.6 Å². The van der Waals surface area contributed by atoms with Gasteiger partial charge in [-0.3, -0.25) is 8.42 Å². The summed E-state index contributed by atoms with van der Waals surface area (Å²) in [4.78, 5) is 1.56. The van der Waals surface area contributed by atoms with Gasteiger partial charge in [-0.15, -0.1) is 0 Å². The van der Waals surface area contributed by atoms with E-state index in [1.165, 1.54) is 0 Å². The summed E-state index contributed by atoms with van der Waals surface area (Å²) in [5, 5.41) is 0. The van der Waals surface area contributed by atoms with Crippen molar-refractivity contribution in [2.75, 3.05) is 0 Å². The van der Waals surface area contributed by atoms with Crippen molar-refractivity contribution in [2.45, 2.75) is 48.0 Å². The molecular weight excluding hydrogens is 336 g/mol. The van der Waals surface area contributed by atoms with Crippen molar-refractivity contribution < 1.29 is 8.42 Å². The summed E-state index contributed by atoms with van der Waals surface area (Å²) in [7, 11) is -2.56. The molecule has 0 aromatic heterocycles. The molecule has 3 rings (SSSR count). The van der Waals surface area contributed by atoms with Crippen molar-refractivity contribution in [3.05, 3.63) is 59.7 Å². The molecule has 2 unspecified atom stereocenters. The molecule has 2 nitrogen and oxygen atoms in total. The first-order valence-electron chi connectivity index (χ1n) is 8.33. The minimum Gasteiger partial charge on any atom is -0.253 e. The van der Waals surface area contributed by atoms with Crippen LogP contribution in [0.1, 0.15) is 31.4 Å². The smallest absolute Gasteiger partial charge is 0.133 e. The maximum Gasteiger partial charge on any atom is 0.133 e. The Morgan fingerprint density at radius 2 is 1.21 bits per heavy atom. The second kappa shape index (κ2) is 6.57. The second-order valence-corrected chi connectivity index (χ2v) is 10.8. The van der Waals surface area contributed by atoms with Crippen LogP contribution < -0.4 is 0 Å². The molecule has 1 saturated carbocycles. The average molecular weight is 361 g/mol. The lowest BCUT2D eigenvalue weighted by Crippen LogP contribution is -2.27. The number of hydrogen-bond acceptors (Lipinski definition) is 2. The second-order valence-electron chi connectivity index (χ2n) is 7.03. The molecule has 1 aliphatic rings. The number of rotatable bonds is 5. The molecule has 128 valence electrons. The molecular formula is C20H24O2S2. The molecule has 4 heteroatoms. The summed E-state index contributed by atoms with van der Waals surface area (Å²) < 4.78 is 26.1. The Hall–Kier alpha value is -1.26. The Balaban J connectivity index is 1.99. The van der Waals surface area contributed by atoms with Gasteiger partial charge in [0.2, 0.25) is 0 Å². The minimum atomic E-state index is -1.28. The van der Waals surface area contributed by atoms with E-state index in [-0.39, 0.29) is 5.92 Å². The van der Waals surface area contributed by atoms with E-state index in [0.29, 0.717) is 5.92 Å². The number of hydrogen-bond donors (Lipinski definition) is 0. The van der Waals surface area contributed by atoms with Crippen LogP contribution in [0.2, 0.25) is 0 Å². The highest BCUT2D eigenvalue weighted by Gasteiger charge is 2.65. The fourth-order valence-corrected chi connectivity index (χ4v) is 7.66. The summed E-state index contributed by atoms with van der Waals surface area (Å²) >= 11 is 0. The Morgan fingerprint density at radius 3 is 1.50 bits per heavy atom. The van der Waals surface area contributed by atoms with Crippen molar-refractivity contribution >= 4 is 21.6 Å². The van der Waals surface area contributed by atoms with Crippen LogP contribution in [-0.2, 0) is 21.6 Å². The van der Waals surface area contributed by atoms with Crippen LogP contribution in [0.25, 0.3) is 0 Å². The third-order valence-corrected chi connectivity index (χ3v) is 9.31. The van der Waals surface area contributed by atoms with Crippen LogP contribution >= 0.6 is 0 Å². The molecule has 3 atom stereocenters. The zero-order chi connectivity index (χ0) is 17.5. The number of benzene rings is 2. The van der Waals surface area contributed by atoms with Gasteiger partial charge in [-0.25, -0.2) is 0 Å². The van der Waals surface area contributed by atoms with Crippen LogP contribution in [0.4, 0.5) is 0 Å². The van der Waals surface area contributed by atoms with Gasteiger partial charge in [-0.2, -0.15) is 0 Å². The normalized spacial score (nSPS) is 25.5. The maximum absolute atomic E-state index is 13.4. The fourth-order valence-electron chi connectivity index (χ4n) is 3.21. The van der Waals surface area contributed by atoms with E-state index >= 15 is 0 Å². The molecule has 1 fully saturated rings. The first-order valence-corrected chi connectivity index (χ1v) is 10.6. The van der Waals surface area contributed by atoms with Gasteiger partial charge < -0.3 is 0 Å². The van der Waals surface area contributed by atoms with Crippen LogP contribution in [0, 0.1) is 25.7 Å². The molecule has 0 amide bonds. The summed E-state index contributed by atoms with van der Waals surface area (Å²) in [5.74, 6) is 0.593. The van der Waals surface area contributed by atoms with Gasteiger partial charge in [0.25, 0.3) is 0 Å². The van der Waals surface area contributed by atoms with E-state index < -0.39 is 25.7 Å². The van der Waals surface area contributed by atoms with Crippen molar-refractivity contribution in [1.29, 1.82) is 0 Å². The topological polar surface area (TPSA) is 34.1 Å². The van der Waals surface area contributed by atoms with Crippen LogP contribution in [0.15, 0.2) is 58.3 Å². The van der Waals surface area contributed by atoms with E-state index in [2.05, 4.69) is 13.8 Å². The highest BCUT2D eigenvalue weighted by molar-refractivity contribution is 8.04. The third kappa shape index (κ3) is 3.02. The SMILES string of the molecule is Cc1ccc(S(=O)C2(S(=O)c3ccc(C)cc3)C[C@H]2C(C)C)cc1. The van der Waals surface area contributed by atoms with Crippen LogP contribution in [0.5, 0.6) is 0 Å². The lowest BCUT2D eigenvalue weighted by molar-refractivity contribution is 0.552. The first-order chi connectivity index (χ1) is 11.4. The summed E-state index contributed by atoms with van der Waals surface area (Å²) in [6.45, 7) is 8.29. The molecule has 0 heterocycles. The quantitative estimate of drug-likeness (QED) is 0.781. The highest BCUT2D eigenvalue weighted by Crippen LogP contribution is 2.58. The van der Waals surface area contributed by atoms with Gasteiger partial charge in [0, 0.05) is 9.79 Å². The van der Waals surface area contributed by atoms with Gasteiger partial charge in [-0.05, 0) is 56.4 Å². The lowest BCUT2D eigenvalue weighted by Gasteiger charge is -2.19. The maximum atomic E-state index is 13.4. The van der Waals surface area contributed by atoms with Gasteiger partial charge in [0.15, 0.2) is 0 Å². The zero-order valence-corrected chi connectivity index (χ0v) is 16.2. The molecule has 0 aliphatic heterocycles. The fraction of sp³-hybridized carbons (Fsp3) is 0.400. The Morgan fingerprint density at radius 1 is 0.833 bits per heavy atom. The van der Waals surface area contributed by atoms with E-state index in [0.717, 1.165) is 27.3 Å². The Bertz CT molecular complexity index is 719. The van der Waals surface area contributed by atoms with Crippen LogP contribution in [-0.4, -0.2) is 12.5 Å². The monoisotopic (exact) mass is 360 g/mol. The summed E-state index contributed by atoms with van der Waals surface area (Å²) in [6.07, 6.45) is 0.756. The molecule has 24 heavy (non-hydrogen) atoms. The van der Waals surface area contributed by atoms with Gasteiger partial charge in [-0.1, -0.05) is 49.2 Å². The van der Waals surface area contributed by atoms with E-state index in [4.69, 9.17) is 0 Å². The molecule has 2 aromatic carbocycles. The van der Waals surface area contributed by atoms with Gasteiger partial charge in [0.1, 0.15) is 4.08 Å². The number of aryl methyl sites for hydroxylation is 2. The highest BCUT2D eigenvalue weighted by atomic mass is 32.2. The van der Waals surface area contributed by atoms with Crippen molar-refractivity contribution in [3.8, 4) is 0 Å². The molecule has 0 radical (unpaired) electrons. The Labute approximate surface area is 149 Å².